The van der Waals surface area contributed by atoms with E-state index < -0.39 is 11.9 Å². The zero-order chi connectivity index (χ0) is 17.1. The van der Waals surface area contributed by atoms with Gasteiger partial charge in [-0.3, -0.25) is 9.59 Å². The summed E-state index contributed by atoms with van der Waals surface area (Å²) < 4.78 is 6.14. The number of carbonyl (C=O) groups is 2. The summed E-state index contributed by atoms with van der Waals surface area (Å²) in [5.74, 6) is -1.58. The summed E-state index contributed by atoms with van der Waals surface area (Å²) >= 11 is 5.13. The first kappa shape index (κ1) is 17.1. The van der Waals surface area contributed by atoms with Crippen LogP contribution in [0.5, 0.6) is 0 Å². The normalized spacial score (nSPS) is 20.6. The number of hydrogen-bond donors (Lipinski definition) is 0. The van der Waals surface area contributed by atoms with E-state index in [9.17, 15) is 9.59 Å². The van der Waals surface area contributed by atoms with Crippen molar-refractivity contribution in [1.82, 2.24) is 0 Å². The molecule has 124 valence electrons. The van der Waals surface area contributed by atoms with Crippen LogP contribution in [0, 0.1) is 5.92 Å². The number of thiophene rings is 1. The second-order valence-electron chi connectivity index (χ2n) is 5.62. The summed E-state index contributed by atoms with van der Waals surface area (Å²) in [6.45, 7) is 2.03. The molecule has 0 unspecified atom stereocenters. The van der Waals surface area contributed by atoms with E-state index in [4.69, 9.17) is 4.74 Å². The van der Waals surface area contributed by atoms with Gasteiger partial charge in [0.15, 0.2) is 5.78 Å². The zero-order valence-electron chi connectivity index (χ0n) is 13.2. The molecule has 0 N–H and O–H groups in total. The van der Waals surface area contributed by atoms with E-state index in [0.29, 0.717) is 6.42 Å². The molecule has 1 aliphatic carbocycles. The molecule has 2 atom stereocenters. The maximum atomic E-state index is 12.7. The Labute approximate surface area is 153 Å². The van der Waals surface area contributed by atoms with Gasteiger partial charge in [-0.25, -0.2) is 0 Å². The molecule has 0 spiro atoms. The van der Waals surface area contributed by atoms with E-state index >= 15 is 0 Å². The summed E-state index contributed by atoms with van der Waals surface area (Å²) in [6, 6.07) is 11.7. The molecule has 1 aromatic heterocycles. The fraction of sp³-hybridized carbons (Fsp3) is 0.263. The Bertz CT molecular complexity index is 779. The smallest absolute Gasteiger partial charge is 0.317 e. The first-order chi connectivity index (χ1) is 11.6. The number of ketones is 1. The Morgan fingerprint density at radius 3 is 2.67 bits per heavy atom. The molecule has 24 heavy (non-hydrogen) atoms. The number of hydrogen-bond acceptors (Lipinski definition) is 4. The minimum Gasteiger partial charge on any atom is -0.465 e. The third-order valence-corrected chi connectivity index (χ3v) is 6.06. The second-order valence-corrected chi connectivity index (χ2v) is 7.39. The SMILES string of the molecule is CCOC(=O)[C@@H]1C(=O)C=C(c2sccc2Br)C[C@H]1c1ccccc1. The summed E-state index contributed by atoms with van der Waals surface area (Å²) in [5, 5.41) is 1.99. The third kappa shape index (κ3) is 3.37. The molecule has 1 heterocycles. The van der Waals surface area contributed by atoms with Gasteiger partial charge in [0.25, 0.3) is 0 Å². The van der Waals surface area contributed by atoms with Gasteiger partial charge in [-0.05, 0) is 57.9 Å². The molecule has 1 aromatic carbocycles. The largest absolute Gasteiger partial charge is 0.465 e. The lowest BCUT2D eigenvalue weighted by Crippen LogP contribution is -2.33. The summed E-state index contributed by atoms with van der Waals surface area (Å²) in [5.41, 5.74) is 1.96. The molecule has 0 aliphatic heterocycles. The molecule has 2 aromatic rings. The van der Waals surface area contributed by atoms with E-state index in [1.807, 2.05) is 41.8 Å². The van der Waals surface area contributed by atoms with Crippen molar-refractivity contribution >= 4 is 44.6 Å². The number of ether oxygens (including phenoxy) is 1. The number of benzene rings is 1. The van der Waals surface area contributed by atoms with Crippen LogP contribution >= 0.6 is 27.3 Å². The molecule has 1 aliphatic rings. The van der Waals surface area contributed by atoms with Crippen LogP contribution < -0.4 is 0 Å². The molecular weight excluding hydrogens is 388 g/mol. The minimum atomic E-state index is -0.769. The topological polar surface area (TPSA) is 43.4 Å². The maximum Gasteiger partial charge on any atom is 0.317 e. The fourth-order valence-corrected chi connectivity index (χ4v) is 4.73. The Hall–Kier alpha value is -1.72. The number of rotatable bonds is 4. The fourth-order valence-electron chi connectivity index (χ4n) is 3.08. The van der Waals surface area contributed by atoms with Crippen LogP contribution in [0.15, 0.2) is 52.3 Å². The number of esters is 1. The number of halogens is 1. The predicted molar refractivity (Wildman–Crippen MR) is 98.9 cm³/mol. The van der Waals surface area contributed by atoms with Crippen LogP contribution in [-0.2, 0) is 14.3 Å². The Morgan fingerprint density at radius 2 is 2.04 bits per heavy atom. The van der Waals surface area contributed by atoms with Crippen LogP contribution in [0.4, 0.5) is 0 Å². The molecule has 0 saturated carbocycles. The summed E-state index contributed by atoms with van der Waals surface area (Å²) in [6.07, 6.45) is 2.25. The van der Waals surface area contributed by atoms with Crippen molar-refractivity contribution in [1.29, 1.82) is 0 Å². The second kappa shape index (κ2) is 7.45. The average molecular weight is 405 g/mol. The Kier molecular flexibility index (Phi) is 5.31. The van der Waals surface area contributed by atoms with Gasteiger partial charge in [0.2, 0.25) is 0 Å². The van der Waals surface area contributed by atoms with Gasteiger partial charge in [0, 0.05) is 15.3 Å². The van der Waals surface area contributed by atoms with E-state index in [2.05, 4.69) is 15.9 Å². The predicted octanol–water partition coefficient (Wildman–Crippen LogP) is 4.83. The maximum absolute atomic E-state index is 12.7. The van der Waals surface area contributed by atoms with Gasteiger partial charge >= 0.3 is 5.97 Å². The quantitative estimate of drug-likeness (QED) is 0.541. The van der Waals surface area contributed by atoms with Gasteiger partial charge in [0.05, 0.1) is 6.61 Å². The highest BCUT2D eigenvalue weighted by molar-refractivity contribution is 9.10. The highest BCUT2D eigenvalue weighted by Gasteiger charge is 2.40. The van der Waals surface area contributed by atoms with E-state index in [0.717, 1.165) is 20.5 Å². The van der Waals surface area contributed by atoms with Crippen molar-refractivity contribution in [3.8, 4) is 0 Å². The number of carbonyl (C=O) groups excluding carboxylic acids is 2. The van der Waals surface area contributed by atoms with Crippen LogP contribution in [-0.4, -0.2) is 18.4 Å². The lowest BCUT2D eigenvalue weighted by atomic mass is 9.74. The standard InChI is InChI=1S/C19H17BrO3S/c1-2-23-19(22)17-14(12-6-4-3-5-7-12)10-13(11-16(17)21)18-15(20)8-9-24-18/h3-9,11,14,17H,2,10H2,1H3/t14-,17-/m0/s1. The molecule has 0 saturated heterocycles. The monoisotopic (exact) mass is 404 g/mol. The van der Waals surface area contributed by atoms with Gasteiger partial charge < -0.3 is 4.74 Å². The van der Waals surface area contributed by atoms with E-state index in [-0.39, 0.29) is 18.3 Å². The van der Waals surface area contributed by atoms with Crippen molar-refractivity contribution in [3.05, 3.63) is 62.8 Å². The highest BCUT2D eigenvalue weighted by Crippen LogP contribution is 2.43. The van der Waals surface area contributed by atoms with Gasteiger partial charge in [-0.1, -0.05) is 30.3 Å². The van der Waals surface area contributed by atoms with E-state index in [1.54, 1.807) is 24.3 Å². The lowest BCUT2D eigenvalue weighted by molar-refractivity contribution is -0.151. The lowest BCUT2D eigenvalue weighted by Gasteiger charge is -2.29. The van der Waals surface area contributed by atoms with Gasteiger partial charge in [-0.15, -0.1) is 11.3 Å². The van der Waals surface area contributed by atoms with Crippen molar-refractivity contribution in [2.24, 2.45) is 5.92 Å². The molecule has 0 fully saturated rings. The molecule has 0 amide bonds. The van der Waals surface area contributed by atoms with Crippen LogP contribution in [0.3, 0.4) is 0 Å². The van der Waals surface area contributed by atoms with Crippen molar-refractivity contribution in [2.45, 2.75) is 19.3 Å². The zero-order valence-corrected chi connectivity index (χ0v) is 15.6. The average Bonchev–Trinajstić information content (AvgIpc) is 3.01. The molecule has 3 rings (SSSR count). The van der Waals surface area contributed by atoms with Crippen molar-refractivity contribution in [3.63, 3.8) is 0 Å². The first-order valence-corrected chi connectivity index (χ1v) is 9.48. The van der Waals surface area contributed by atoms with Gasteiger partial charge in [0.1, 0.15) is 5.92 Å². The van der Waals surface area contributed by atoms with Crippen LogP contribution in [0.25, 0.3) is 5.57 Å². The Balaban J connectivity index is 2.02. The Morgan fingerprint density at radius 1 is 1.29 bits per heavy atom. The minimum absolute atomic E-state index is 0.177. The molecule has 0 radical (unpaired) electrons. The molecular formula is C19H17BrO3S. The highest BCUT2D eigenvalue weighted by atomic mass is 79.9. The summed E-state index contributed by atoms with van der Waals surface area (Å²) in [7, 11) is 0. The third-order valence-electron chi connectivity index (χ3n) is 4.14. The summed E-state index contributed by atoms with van der Waals surface area (Å²) in [4.78, 5) is 26.1. The van der Waals surface area contributed by atoms with Crippen LogP contribution in [0.2, 0.25) is 0 Å². The molecule has 5 heteroatoms. The first-order valence-electron chi connectivity index (χ1n) is 7.81. The van der Waals surface area contributed by atoms with Crippen LogP contribution in [0.1, 0.15) is 29.7 Å². The molecule has 0 bridgehead atoms. The van der Waals surface area contributed by atoms with E-state index in [1.165, 1.54) is 0 Å². The molecule has 3 nitrogen and oxygen atoms in total. The van der Waals surface area contributed by atoms with Crippen molar-refractivity contribution < 1.29 is 14.3 Å². The number of allylic oxidation sites excluding steroid dienone is 2. The van der Waals surface area contributed by atoms with Crippen molar-refractivity contribution in [2.75, 3.05) is 6.61 Å². The van der Waals surface area contributed by atoms with Gasteiger partial charge in [-0.2, -0.15) is 0 Å².